The largest absolute Gasteiger partial charge is 0.378 e. The van der Waals surface area contributed by atoms with E-state index in [9.17, 15) is 19.7 Å². The summed E-state index contributed by atoms with van der Waals surface area (Å²) >= 11 is 0. The lowest BCUT2D eigenvalue weighted by Crippen LogP contribution is -2.41. The Labute approximate surface area is 170 Å². The maximum Gasteiger partial charge on any atom is 0.294 e. The minimum atomic E-state index is -0.504. The number of rotatable bonds is 5. The van der Waals surface area contributed by atoms with Crippen LogP contribution in [0.3, 0.4) is 0 Å². The molecule has 30 heavy (non-hydrogen) atoms. The summed E-state index contributed by atoms with van der Waals surface area (Å²) in [6.45, 7) is 2.38. The highest BCUT2D eigenvalue weighted by Crippen LogP contribution is 2.22. The predicted octanol–water partition coefficient (Wildman–Crippen LogP) is 1.45. The number of nitrogens with zero attached hydrogens (tertiary/aromatic N) is 4. The van der Waals surface area contributed by atoms with E-state index in [1.807, 2.05) is 17.0 Å². The Kier molecular flexibility index (Phi) is 5.40. The summed E-state index contributed by atoms with van der Waals surface area (Å²) in [6, 6.07) is 12.8. The normalized spacial score (nSPS) is 13.9. The number of hydrogen-bond acceptors (Lipinski definition) is 7. The van der Waals surface area contributed by atoms with Gasteiger partial charge in [0.2, 0.25) is 5.91 Å². The number of ether oxygens (including phenoxy) is 1. The van der Waals surface area contributed by atoms with Crippen LogP contribution in [0.5, 0.6) is 0 Å². The molecule has 2 heterocycles. The van der Waals surface area contributed by atoms with Crippen LogP contribution >= 0.6 is 0 Å². The average Bonchev–Trinajstić information content (AvgIpc) is 2.76. The Hall–Kier alpha value is -3.79. The Balaban J connectivity index is 1.61. The molecule has 154 valence electrons. The zero-order chi connectivity index (χ0) is 21.1. The highest BCUT2D eigenvalue weighted by molar-refractivity contribution is 5.92. The predicted molar refractivity (Wildman–Crippen MR) is 110 cm³/mol. The van der Waals surface area contributed by atoms with E-state index in [1.165, 1.54) is 24.3 Å². The molecule has 3 aromatic rings. The van der Waals surface area contributed by atoms with Gasteiger partial charge in [0, 0.05) is 30.6 Å². The molecule has 10 nitrogen and oxygen atoms in total. The molecule has 0 radical (unpaired) electrons. The van der Waals surface area contributed by atoms with Crippen molar-refractivity contribution >= 4 is 28.2 Å². The summed E-state index contributed by atoms with van der Waals surface area (Å²) in [4.78, 5) is 38.6. The second-order valence-electron chi connectivity index (χ2n) is 6.82. The number of amides is 1. The first-order valence-corrected chi connectivity index (χ1v) is 9.41. The number of nitro benzene ring substituents is 1. The molecule has 1 aromatic heterocycles. The van der Waals surface area contributed by atoms with Crippen molar-refractivity contribution in [1.29, 1.82) is 0 Å². The van der Waals surface area contributed by atoms with Gasteiger partial charge in [-0.1, -0.05) is 30.3 Å². The first-order valence-electron chi connectivity index (χ1n) is 9.41. The van der Waals surface area contributed by atoms with Crippen LogP contribution in [-0.4, -0.2) is 47.0 Å². The van der Waals surface area contributed by atoms with E-state index in [0.717, 1.165) is 4.79 Å². The van der Waals surface area contributed by atoms with Crippen LogP contribution in [0.2, 0.25) is 0 Å². The third kappa shape index (κ3) is 3.98. The molecular formula is C20H19N5O5. The van der Waals surface area contributed by atoms with Crippen molar-refractivity contribution in [2.45, 2.75) is 6.42 Å². The topological polar surface area (TPSA) is 120 Å². The maximum absolute atomic E-state index is 12.8. The first-order chi connectivity index (χ1) is 14.5. The van der Waals surface area contributed by atoms with Crippen LogP contribution in [-0.2, 0) is 16.0 Å². The average molecular weight is 409 g/mol. The van der Waals surface area contributed by atoms with E-state index in [1.54, 1.807) is 12.1 Å². The van der Waals surface area contributed by atoms with Gasteiger partial charge < -0.3 is 9.64 Å². The van der Waals surface area contributed by atoms with E-state index < -0.39 is 16.4 Å². The molecule has 0 unspecified atom stereocenters. The second-order valence-corrected chi connectivity index (χ2v) is 6.82. The van der Waals surface area contributed by atoms with Crippen molar-refractivity contribution in [2.24, 2.45) is 0 Å². The Morgan fingerprint density at radius 1 is 1.10 bits per heavy atom. The molecule has 10 heteroatoms. The third-order valence-corrected chi connectivity index (χ3v) is 4.84. The van der Waals surface area contributed by atoms with Gasteiger partial charge in [-0.3, -0.25) is 19.7 Å². The van der Waals surface area contributed by atoms with Crippen LogP contribution in [0.15, 0.2) is 53.3 Å². The molecule has 4 rings (SSSR count). The van der Waals surface area contributed by atoms with Crippen LogP contribution < -0.4 is 15.9 Å². The van der Waals surface area contributed by atoms with Crippen LogP contribution in [0.25, 0.3) is 10.8 Å². The van der Waals surface area contributed by atoms with Crippen molar-refractivity contribution in [3.05, 3.63) is 74.6 Å². The SMILES string of the molecule is O=C(Cc1ccc([N+](=O)[O-])cc1)Nn1nc(N2CCOCC2)c2ccccc2c1=O. The van der Waals surface area contributed by atoms with Gasteiger partial charge in [0.15, 0.2) is 5.82 Å². The molecule has 0 aliphatic carbocycles. The second kappa shape index (κ2) is 8.29. The quantitative estimate of drug-likeness (QED) is 0.500. The minimum absolute atomic E-state index is 0.0498. The van der Waals surface area contributed by atoms with Crippen LogP contribution in [0, 0.1) is 10.1 Å². The minimum Gasteiger partial charge on any atom is -0.378 e. The molecule has 2 aromatic carbocycles. The number of non-ortho nitro benzene ring substituents is 1. The van der Waals surface area contributed by atoms with Gasteiger partial charge in [-0.2, -0.15) is 0 Å². The van der Waals surface area contributed by atoms with E-state index in [0.29, 0.717) is 48.5 Å². The maximum atomic E-state index is 12.8. The van der Waals surface area contributed by atoms with Crippen LogP contribution in [0.1, 0.15) is 5.56 Å². The number of hydrogen-bond donors (Lipinski definition) is 1. The fourth-order valence-corrected chi connectivity index (χ4v) is 3.34. The summed E-state index contributed by atoms with van der Waals surface area (Å²) in [5.74, 6) is 0.144. The molecule has 0 atom stereocenters. The summed E-state index contributed by atoms with van der Waals surface area (Å²) in [6.07, 6.45) is -0.0498. The standard InChI is InChI=1S/C20H19N5O5/c26-18(13-14-5-7-15(8-6-14)25(28)29)21-24-20(27)17-4-2-1-3-16(17)19(22-24)23-9-11-30-12-10-23/h1-8H,9-13H2,(H,21,26). The Bertz CT molecular complexity index is 1150. The molecule has 0 spiro atoms. The van der Waals surface area contributed by atoms with Gasteiger partial charge in [-0.15, -0.1) is 9.89 Å². The lowest BCUT2D eigenvalue weighted by Gasteiger charge is -2.29. The number of morpholine rings is 1. The van der Waals surface area contributed by atoms with Crippen LogP contribution in [0.4, 0.5) is 11.5 Å². The molecule has 1 amide bonds. The van der Waals surface area contributed by atoms with Gasteiger partial charge in [0.1, 0.15) is 0 Å². The lowest BCUT2D eigenvalue weighted by atomic mass is 10.1. The van der Waals surface area contributed by atoms with Crippen molar-refractivity contribution in [1.82, 2.24) is 9.89 Å². The lowest BCUT2D eigenvalue weighted by molar-refractivity contribution is -0.384. The molecular weight excluding hydrogens is 390 g/mol. The van der Waals surface area contributed by atoms with E-state index in [2.05, 4.69) is 10.5 Å². The number of nitrogens with one attached hydrogen (secondary N) is 1. The summed E-state index contributed by atoms with van der Waals surface area (Å²) < 4.78 is 5.39. The molecule has 1 saturated heterocycles. The van der Waals surface area contributed by atoms with Crippen molar-refractivity contribution in [2.75, 3.05) is 36.6 Å². The van der Waals surface area contributed by atoms with Gasteiger partial charge in [-0.05, 0) is 11.6 Å². The van der Waals surface area contributed by atoms with Gasteiger partial charge in [0.25, 0.3) is 11.2 Å². The molecule has 0 bridgehead atoms. The zero-order valence-electron chi connectivity index (χ0n) is 16.0. The van der Waals surface area contributed by atoms with Crippen molar-refractivity contribution in [3.63, 3.8) is 0 Å². The molecule has 1 aliphatic heterocycles. The smallest absolute Gasteiger partial charge is 0.294 e. The number of benzene rings is 2. The van der Waals surface area contributed by atoms with Gasteiger partial charge in [-0.25, -0.2) is 5.43 Å². The van der Waals surface area contributed by atoms with E-state index in [-0.39, 0.29) is 12.1 Å². The summed E-state index contributed by atoms with van der Waals surface area (Å²) in [5.41, 5.74) is 2.63. The zero-order valence-corrected chi connectivity index (χ0v) is 16.0. The molecule has 1 N–H and O–H groups in total. The monoisotopic (exact) mass is 409 g/mol. The number of anilines is 1. The van der Waals surface area contributed by atoms with Crippen molar-refractivity contribution < 1.29 is 14.5 Å². The fourth-order valence-electron chi connectivity index (χ4n) is 3.34. The fraction of sp³-hybridized carbons (Fsp3) is 0.250. The number of carbonyl (C=O) groups excluding carboxylic acids is 1. The van der Waals surface area contributed by atoms with E-state index >= 15 is 0 Å². The first kappa shape index (κ1) is 19.5. The third-order valence-electron chi connectivity index (χ3n) is 4.84. The molecule has 1 aliphatic rings. The summed E-state index contributed by atoms with van der Waals surface area (Å²) in [5, 5.41) is 16.3. The van der Waals surface area contributed by atoms with Gasteiger partial charge >= 0.3 is 0 Å². The van der Waals surface area contributed by atoms with E-state index in [4.69, 9.17) is 4.74 Å². The number of aromatic nitrogens is 2. The Morgan fingerprint density at radius 2 is 1.77 bits per heavy atom. The van der Waals surface area contributed by atoms with Gasteiger partial charge in [0.05, 0.1) is 29.9 Å². The highest BCUT2D eigenvalue weighted by atomic mass is 16.6. The summed E-state index contributed by atoms with van der Waals surface area (Å²) in [7, 11) is 0. The number of carbonyl (C=O) groups is 1. The number of fused-ring (bicyclic) bond motifs is 1. The highest BCUT2D eigenvalue weighted by Gasteiger charge is 2.19. The Morgan fingerprint density at radius 3 is 2.43 bits per heavy atom. The molecule has 0 saturated carbocycles. The molecule has 1 fully saturated rings. The number of nitro groups is 1. The van der Waals surface area contributed by atoms with Crippen molar-refractivity contribution in [3.8, 4) is 0 Å².